The fourth-order valence-corrected chi connectivity index (χ4v) is 13.5. The molecule has 2 saturated heterocycles. The summed E-state index contributed by atoms with van der Waals surface area (Å²) in [6.45, 7) is 7.80. The Labute approximate surface area is 359 Å². The maximum atomic E-state index is 14.5. The Hall–Kier alpha value is -3.34. The Morgan fingerprint density at radius 3 is 2.47 bits per heavy atom. The van der Waals surface area contributed by atoms with Crippen LogP contribution in [0.5, 0.6) is 5.75 Å². The number of likely N-dealkylation sites (N-methyl/N-ethyl adjacent to an activating group) is 1. The Morgan fingerprint density at radius 2 is 1.78 bits per heavy atom. The van der Waals surface area contributed by atoms with Crippen molar-refractivity contribution in [3.05, 3.63) is 70.9 Å². The molecule has 1 spiro atoms. The predicted octanol–water partition coefficient (Wildman–Crippen LogP) is 1.17. The van der Waals surface area contributed by atoms with Crippen molar-refractivity contribution < 1.29 is 57.6 Å². The third-order valence-corrected chi connectivity index (χ3v) is 15.7. The van der Waals surface area contributed by atoms with Gasteiger partial charge in [0, 0.05) is 80.4 Å². The van der Waals surface area contributed by atoms with Gasteiger partial charge in [0.15, 0.2) is 0 Å². The average Bonchev–Trinajstić information content (AvgIpc) is 3.88. The number of fused-ring (bicyclic) bond motifs is 6. The minimum atomic E-state index is -2.04. The predicted molar refractivity (Wildman–Crippen MR) is 219 cm³/mol. The molecule has 1 aromatic heterocycles. The number of carbonyl (C=O) groups is 2. The maximum Gasteiger partial charge on any atom is 1.00 e. The molecule has 5 unspecified atom stereocenters. The van der Waals surface area contributed by atoms with Gasteiger partial charge in [-0.15, -0.1) is 11.2 Å². The minimum absolute atomic E-state index is 0. The van der Waals surface area contributed by atoms with E-state index in [2.05, 4.69) is 45.9 Å². The number of methoxy groups -OCH3 is 4. The Balaban J connectivity index is 0.00000484. The summed E-state index contributed by atoms with van der Waals surface area (Å²) in [6, 6.07) is 11.6. The smallest absolute Gasteiger partial charge is 0.660 e. The molecule has 13 heteroatoms. The van der Waals surface area contributed by atoms with E-state index in [0.717, 1.165) is 65.2 Å². The minimum Gasteiger partial charge on any atom is -0.660 e. The van der Waals surface area contributed by atoms with Gasteiger partial charge in [0.25, 0.3) is 0 Å². The second-order valence-corrected chi connectivity index (χ2v) is 18.1. The van der Waals surface area contributed by atoms with Gasteiger partial charge < -0.3 is 39.0 Å². The number of esters is 2. The van der Waals surface area contributed by atoms with Crippen LogP contribution in [-0.4, -0.2) is 130 Å². The third kappa shape index (κ3) is 5.80. The van der Waals surface area contributed by atoms with Crippen LogP contribution in [0.3, 0.4) is 0 Å². The Bertz CT molecular complexity index is 2160. The number of rotatable bonds is 7. The number of aromatic nitrogens is 1. The molecular formula is C46H59LiN4O8. The fourth-order valence-electron chi connectivity index (χ4n) is 13.5. The van der Waals surface area contributed by atoms with Crippen LogP contribution in [0.1, 0.15) is 74.3 Å². The van der Waals surface area contributed by atoms with Gasteiger partial charge in [-0.05, 0) is 68.0 Å². The molecule has 2 N–H and O–H groups in total. The van der Waals surface area contributed by atoms with Crippen molar-refractivity contribution in [3.63, 3.8) is 0 Å². The fraction of sp³-hybridized carbons (Fsp3) is 0.609. The van der Waals surface area contributed by atoms with E-state index in [9.17, 15) is 19.8 Å². The molecule has 1 aliphatic carbocycles. The number of aliphatic hydroxyl groups is 2. The van der Waals surface area contributed by atoms with E-state index in [1.54, 1.807) is 14.2 Å². The number of hydrogen-bond donors (Lipinski definition) is 2. The summed E-state index contributed by atoms with van der Waals surface area (Å²) in [4.78, 5) is 41.1. The first-order valence-electron chi connectivity index (χ1n) is 21.2. The molecule has 2 bridgehead atoms. The van der Waals surface area contributed by atoms with E-state index in [-0.39, 0.29) is 36.8 Å². The Kier molecular flexibility index (Phi) is 10.9. The second-order valence-electron chi connectivity index (χ2n) is 18.1. The van der Waals surface area contributed by atoms with Gasteiger partial charge in [0.2, 0.25) is 5.60 Å². The number of benzene rings is 2. The quantitative estimate of drug-likeness (QED) is 0.202. The zero-order valence-electron chi connectivity index (χ0n) is 36.0. The summed E-state index contributed by atoms with van der Waals surface area (Å²) in [7, 11) is 7.98. The van der Waals surface area contributed by atoms with Crippen LogP contribution < -0.4 is 33.5 Å². The summed E-state index contributed by atoms with van der Waals surface area (Å²) >= 11 is 0. The van der Waals surface area contributed by atoms with Crippen molar-refractivity contribution in [1.82, 2.24) is 14.8 Å². The molecule has 6 heterocycles. The molecule has 0 radical (unpaired) electrons. The number of para-hydroxylation sites is 1. The van der Waals surface area contributed by atoms with Crippen molar-refractivity contribution in [1.29, 1.82) is 0 Å². The van der Waals surface area contributed by atoms with Crippen LogP contribution in [-0.2, 0) is 35.6 Å². The molecule has 11 atom stereocenters. The first-order valence-corrected chi connectivity index (χ1v) is 21.2. The third-order valence-electron chi connectivity index (χ3n) is 15.7. The molecule has 5 aliphatic heterocycles. The van der Waals surface area contributed by atoms with Gasteiger partial charge in [-0.3, -0.25) is 14.6 Å². The summed E-state index contributed by atoms with van der Waals surface area (Å²) < 4.78 is 23.9. The van der Waals surface area contributed by atoms with Crippen LogP contribution in [0.25, 0.3) is 10.9 Å². The van der Waals surface area contributed by atoms with Gasteiger partial charge in [-0.1, -0.05) is 55.8 Å². The molecule has 6 aliphatic rings. The number of hydrogen-bond acceptors (Lipinski definition) is 11. The maximum absolute atomic E-state index is 14.5. The summed E-state index contributed by atoms with van der Waals surface area (Å²) in [5, 5.41) is 26.1. The van der Waals surface area contributed by atoms with Crippen LogP contribution in [0.4, 0.5) is 5.69 Å². The van der Waals surface area contributed by atoms with Gasteiger partial charge in [0.05, 0.1) is 38.9 Å². The number of carbonyl (C=O) groups excluding carboxylic acids is 2. The molecule has 312 valence electrons. The molecule has 59 heavy (non-hydrogen) atoms. The largest absolute Gasteiger partial charge is 1.00 e. The van der Waals surface area contributed by atoms with Crippen LogP contribution in [0, 0.1) is 17.3 Å². The summed E-state index contributed by atoms with van der Waals surface area (Å²) in [5.74, 6) is -1.63. The van der Waals surface area contributed by atoms with E-state index in [0.29, 0.717) is 50.8 Å². The molecular weight excluding hydrogens is 743 g/mol. The SMILES string of the molecule is CC[C@]1(O)CC2C[C@H](C(=O)OC)[C@H](c3cc4c(cc3OC)N(C)C3C45CCN4CC=C[C@](CC)(C45)[C@@H](OC)[C@]3(O)C(=O)OC)c3[n-]c4ccccc4c3CCN(C2)C1.[Li+]. The van der Waals surface area contributed by atoms with Crippen molar-refractivity contribution in [2.75, 3.05) is 73.1 Å². The van der Waals surface area contributed by atoms with Gasteiger partial charge in [-0.25, -0.2) is 4.79 Å². The van der Waals surface area contributed by atoms with E-state index in [1.807, 2.05) is 38.2 Å². The van der Waals surface area contributed by atoms with E-state index >= 15 is 0 Å². The van der Waals surface area contributed by atoms with Crippen molar-refractivity contribution in [2.24, 2.45) is 17.3 Å². The Morgan fingerprint density at radius 1 is 1.00 bits per heavy atom. The van der Waals surface area contributed by atoms with E-state index < -0.39 is 52.0 Å². The molecule has 3 fully saturated rings. The zero-order chi connectivity index (χ0) is 40.9. The van der Waals surface area contributed by atoms with Gasteiger partial charge in [0.1, 0.15) is 11.9 Å². The monoisotopic (exact) mass is 802 g/mol. The molecule has 12 nitrogen and oxygen atoms in total. The summed E-state index contributed by atoms with van der Waals surface area (Å²) in [6.07, 6.45) is 7.18. The number of nitrogens with zero attached hydrogens (tertiary/aromatic N) is 4. The van der Waals surface area contributed by atoms with Crippen molar-refractivity contribution in [3.8, 4) is 5.75 Å². The number of anilines is 1. The molecule has 3 aromatic rings. The molecule has 2 aromatic carbocycles. The van der Waals surface area contributed by atoms with Crippen LogP contribution in [0.2, 0.25) is 0 Å². The van der Waals surface area contributed by atoms with Crippen LogP contribution >= 0.6 is 0 Å². The topological polar surface area (TPSA) is 135 Å². The normalized spacial score (nSPS) is 37.1. The van der Waals surface area contributed by atoms with Gasteiger partial charge >= 0.3 is 30.8 Å². The first kappa shape index (κ1) is 42.4. The zero-order valence-corrected chi connectivity index (χ0v) is 36.0. The number of piperidine rings is 1. The van der Waals surface area contributed by atoms with E-state index in [4.69, 9.17) is 23.9 Å². The van der Waals surface area contributed by atoms with E-state index in [1.165, 1.54) is 14.2 Å². The number of ether oxygens (including phenoxy) is 4. The summed E-state index contributed by atoms with van der Waals surface area (Å²) in [5.41, 5.74) is 1.13. The van der Waals surface area contributed by atoms with Crippen LogP contribution in [0.15, 0.2) is 48.6 Å². The second kappa shape index (κ2) is 15.2. The van der Waals surface area contributed by atoms with Gasteiger partial charge in [-0.2, -0.15) is 0 Å². The standard InChI is InChI=1S/C46H59N4O8.Li/c1-8-43(53)24-27-21-31(38(51)56-5)36(37-29(15-19-49(25-27)26-43)28-13-10-11-14-33(28)47-37)30-22-32-34(23-35(30)55-4)48(3)40-45(32)17-20-50-18-12-16-44(9-2,39(45)50)41(57-6)46(40,54)42(52)58-7;/h10-14,16,22-23,27,31,36,39-41,53-54H,8-9,15,17-21,24-26H2,1-7H3;/q-1;+1/t27?,31-,36-,39?,40?,41+,43-,44+,45?,46-;/m0./s1. The van der Waals surface area contributed by atoms with Crippen molar-refractivity contribution in [2.45, 2.75) is 93.1 Å². The molecule has 9 rings (SSSR count). The molecule has 0 amide bonds. The first-order chi connectivity index (χ1) is 27.9. The molecule has 1 saturated carbocycles. The average molecular weight is 803 g/mol. The van der Waals surface area contributed by atoms with Crippen molar-refractivity contribution >= 4 is 28.5 Å².